The molecular formula is C19H11Br2N3O3. The molecule has 0 atom stereocenters. The molecule has 0 aliphatic rings. The number of benzene rings is 2. The number of anilines is 1. The molecule has 0 unspecified atom stereocenters. The SMILES string of the molecule is O=C(Nc1ccc(-c2noc(-c3cccc(Br)c3)n2)cc1)c1ccc(Br)o1. The lowest BCUT2D eigenvalue weighted by molar-refractivity contribution is 0.0995. The van der Waals surface area contributed by atoms with Crippen molar-refractivity contribution in [1.29, 1.82) is 0 Å². The molecule has 0 aliphatic heterocycles. The Bertz CT molecular complexity index is 1100. The third kappa shape index (κ3) is 4.01. The Labute approximate surface area is 170 Å². The lowest BCUT2D eigenvalue weighted by Crippen LogP contribution is -2.10. The highest BCUT2D eigenvalue weighted by atomic mass is 79.9. The van der Waals surface area contributed by atoms with Crippen molar-refractivity contribution < 1.29 is 13.7 Å². The van der Waals surface area contributed by atoms with E-state index >= 15 is 0 Å². The third-order valence-corrected chi connectivity index (χ3v) is 4.62. The van der Waals surface area contributed by atoms with Gasteiger partial charge in [-0.3, -0.25) is 4.79 Å². The highest BCUT2D eigenvalue weighted by Gasteiger charge is 2.13. The summed E-state index contributed by atoms with van der Waals surface area (Å²) >= 11 is 6.60. The summed E-state index contributed by atoms with van der Waals surface area (Å²) in [5.41, 5.74) is 2.24. The number of furan rings is 1. The van der Waals surface area contributed by atoms with Crippen LogP contribution in [0.3, 0.4) is 0 Å². The number of rotatable bonds is 4. The van der Waals surface area contributed by atoms with Crippen molar-refractivity contribution in [2.45, 2.75) is 0 Å². The largest absolute Gasteiger partial charge is 0.444 e. The lowest BCUT2D eigenvalue weighted by atomic mass is 10.2. The van der Waals surface area contributed by atoms with Gasteiger partial charge in [0, 0.05) is 21.3 Å². The topological polar surface area (TPSA) is 81.2 Å². The average molecular weight is 489 g/mol. The molecule has 1 N–H and O–H groups in total. The van der Waals surface area contributed by atoms with Crippen LogP contribution < -0.4 is 5.32 Å². The number of amides is 1. The van der Waals surface area contributed by atoms with E-state index in [0.29, 0.717) is 22.1 Å². The fourth-order valence-corrected chi connectivity index (χ4v) is 3.12. The fourth-order valence-electron chi connectivity index (χ4n) is 2.41. The molecule has 27 heavy (non-hydrogen) atoms. The second-order valence-corrected chi connectivity index (χ2v) is 7.27. The van der Waals surface area contributed by atoms with Crippen molar-refractivity contribution in [2.24, 2.45) is 0 Å². The van der Waals surface area contributed by atoms with E-state index in [1.807, 2.05) is 36.4 Å². The van der Waals surface area contributed by atoms with Gasteiger partial charge in [-0.2, -0.15) is 4.98 Å². The van der Waals surface area contributed by atoms with Gasteiger partial charge in [-0.15, -0.1) is 0 Å². The van der Waals surface area contributed by atoms with Crippen molar-refractivity contribution in [1.82, 2.24) is 10.1 Å². The van der Waals surface area contributed by atoms with Gasteiger partial charge in [0.1, 0.15) is 0 Å². The summed E-state index contributed by atoms with van der Waals surface area (Å²) in [7, 11) is 0. The molecule has 0 saturated heterocycles. The molecule has 0 bridgehead atoms. The van der Waals surface area contributed by atoms with Crippen molar-refractivity contribution in [3.05, 3.63) is 75.6 Å². The predicted octanol–water partition coefficient (Wildman–Crippen LogP) is 5.77. The minimum atomic E-state index is -0.329. The van der Waals surface area contributed by atoms with Gasteiger partial charge in [0.25, 0.3) is 11.8 Å². The summed E-state index contributed by atoms with van der Waals surface area (Å²) in [5, 5.41) is 6.79. The van der Waals surface area contributed by atoms with Crippen LogP contribution in [0, 0.1) is 0 Å². The molecule has 4 rings (SSSR count). The standard InChI is InChI=1S/C19H11Br2N3O3/c20-13-3-1-2-12(10-13)19-23-17(24-27-19)11-4-6-14(7-5-11)22-18(25)15-8-9-16(21)26-15/h1-10H,(H,22,25). The fraction of sp³-hybridized carbons (Fsp3) is 0. The smallest absolute Gasteiger partial charge is 0.291 e. The number of carbonyl (C=O) groups is 1. The van der Waals surface area contributed by atoms with Crippen LogP contribution in [0.1, 0.15) is 10.6 Å². The third-order valence-electron chi connectivity index (χ3n) is 3.70. The first kappa shape index (κ1) is 17.7. The number of hydrogen-bond donors (Lipinski definition) is 1. The summed E-state index contributed by atoms with van der Waals surface area (Å²) in [5.74, 6) is 0.803. The van der Waals surface area contributed by atoms with Crippen LogP contribution in [0.15, 0.2) is 78.7 Å². The molecule has 4 aromatic rings. The van der Waals surface area contributed by atoms with E-state index in [1.54, 1.807) is 24.3 Å². The Hall–Kier alpha value is -2.71. The van der Waals surface area contributed by atoms with Gasteiger partial charge in [0.2, 0.25) is 5.82 Å². The second kappa shape index (κ2) is 7.50. The molecular weight excluding hydrogens is 478 g/mol. The summed E-state index contributed by atoms with van der Waals surface area (Å²) in [6.07, 6.45) is 0. The van der Waals surface area contributed by atoms with Crippen LogP contribution in [-0.4, -0.2) is 16.0 Å². The Kier molecular flexibility index (Phi) is 4.91. The molecule has 8 heteroatoms. The molecule has 0 saturated carbocycles. The van der Waals surface area contributed by atoms with Gasteiger partial charge >= 0.3 is 0 Å². The van der Waals surface area contributed by atoms with Gasteiger partial charge in [-0.25, -0.2) is 0 Å². The van der Waals surface area contributed by atoms with Gasteiger partial charge < -0.3 is 14.3 Å². The van der Waals surface area contributed by atoms with Gasteiger partial charge in [0.15, 0.2) is 10.4 Å². The van der Waals surface area contributed by atoms with Gasteiger partial charge in [-0.05, 0) is 70.5 Å². The van der Waals surface area contributed by atoms with E-state index in [9.17, 15) is 4.79 Å². The second-order valence-electron chi connectivity index (χ2n) is 5.57. The van der Waals surface area contributed by atoms with E-state index in [0.717, 1.165) is 15.6 Å². The molecule has 0 aliphatic carbocycles. The normalized spacial score (nSPS) is 10.7. The maximum Gasteiger partial charge on any atom is 0.291 e. The van der Waals surface area contributed by atoms with Crippen LogP contribution >= 0.6 is 31.9 Å². The quantitative estimate of drug-likeness (QED) is 0.394. The first-order valence-corrected chi connectivity index (χ1v) is 9.44. The first-order valence-electron chi connectivity index (χ1n) is 7.85. The van der Waals surface area contributed by atoms with Crippen molar-refractivity contribution in [3.63, 3.8) is 0 Å². The molecule has 0 radical (unpaired) electrons. The highest BCUT2D eigenvalue weighted by Crippen LogP contribution is 2.25. The molecule has 2 heterocycles. The van der Waals surface area contributed by atoms with E-state index in [-0.39, 0.29) is 11.7 Å². The molecule has 0 fully saturated rings. The van der Waals surface area contributed by atoms with Crippen molar-refractivity contribution in [2.75, 3.05) is 5.32 Å². The maximum absolute atomic E-state index is 12.1. The number of aromatic nitrogens is 2. The van der Waals surface area contributed by atoms with Crippen LogP contribution in [0.5, 0.6) is 0 Å². The Morgan fingerprint density at radius 2 is 1.78 bits per heavy atom. The molecule has 2 aromatic carbocycles. The molecule has 6 nitrogen and oxygen atoms in total. The number of nitrogens with zero attached hydrogens (tertiary/aromatic N) is 2. The monoisotopic (exact) mass is 487 g/mol. The van der Waals surface area contributed by atoms with Crippen LogP contribution in [0.4, 0.5) is 5.69 Å². The predicted molar refractivity (Wildman–Crippen MR) is 107 cm³/mol. The summed E-state index contributed by atoms with van der Waals surface area (Å²) in [4.78, 5) is 16.5. The van der Waals surface area contributed by atoms with Crippen molar-refractivity contribution in [3.8, 4) is 22.8 Å². The number of nitrogens with one attached hydrogen (secondary N) is 1. The van der Waals surface area contributed by atoms with Gasteiger partial charge in [-0.1, -0.05) is 27.2 Å². The van der Waals surface area contributed by atoms with E-state index in [2.05, 4.69) is 47.3 Å². The summed E-state index contributed by atoms with van der Waals surface area (Å²) in [6, 6.07) is 18.0. The highest BCUT2D eigenvalue weighted by molar-refractivity contribution is 9.10. The van der Waals surface area contributed by atoms with E-state index in [1.165, 1.54) is 0 Å². The van der Waals surface area contributed by atoms with E-state index in [4.69, 9.17) is 8.94 Å². The maximum atomic E-state index is 12.1. The van der Waals surface area contributed by atoms with E-state index < -0.39 is 0 Å². The van der Waals surface area contributed by atoms with Crippen LogP contribution in [-0.2, 0) is 0 Å². The summed E-state index contributed by atoms with van der Waals surface area (Å²) < 4.78 is 12.0. The molecule has 0 spiro atoms. The Morgan fingerprint density at radius 1 is 0.963 bits per heavy atom. The number of carbonyl (C=O) groups excluding carboxylic acids is 1. The Morgan fingerprint density at radius 3 is 2.48 bits per heavy atom. The Balaban J connectivity index is 1.50. The first-order chi connectivity index (χ1) is 13.1. The number of hydrogen-bond acceptors (Lipinski definition) is 5. The molecule has 134 valence electrons. The zero-order valence-electron chi connectivity index (χ0n) is 13.6. The zero-order valence-corrected chi connectivity index (χ0v) is 16.8. The lowest BCUT2D eigenvalue weighted by Gasteiger charge is -2.03. The van der Waals surface area contributed by atoms with Gasteiger partial charge in [0.05, 0.1) is 0 Å². The van der Waals surface area contributed by atoms with Crippen LogP contribution in [0.25, 0.3) is 22.8 Å². The van der Waals surface area contributed by atoms with Crippen LogP contribution in [0.2, 0.25) is 0 Å². The minimum Gasteiger partial charge on any atom is -0.444 e. The zero-order chi connectivity index (χ0) is 18.8. The summed E-state index contributed by atoms with van der Waals surface area (Å²) in [6.45, 7) is 0. The minimum absolute atomic E-state index is 0.225. The number of halogens is 2. The molecule has 2 aromatic heterocycles. The molecule has 1 amide bonds. The van der Waals surface area contributed by atoms with Crippen molar-refractivity contribution >= 4 is 43.5 Å². The average Bonchev–Trinajstić information content (AvgIpc) is 3.32.